The molecule has 1 unspecified atom stereocenters. The number of benzene rings is 7. The number of hydrogen-bond donors (Lipinski definition) is 0. The van der Waals surface area contributed by atoms with Crippen LogP contribution in [0, 0.1) is 13.8 Å². The molecule has 0 fully saturated rings. The van der Waals surface area contributed by atoms with Gasteiger partial charge in [-0.2, -0.15) is 0 Å². The Morgan fingerprint density at radius 1 is 0.510 bits per heavy atom. The first kappa shape index (κ1) is 31.3. The van der Waals surface area contributed by atoms with Gasteiger partial charge in [-0.3, -0.25) is 0 Å². The van der Waals surface area contributed by atoms with Crippen LogP contribution >= 0.6 is 6.04 Å². The first-order chi connectivity index (χ1) is 24.8. The average Bonchev–Trinajstić information content (AvgIpc) is 3.46. The van der Waals surface area contributed by atoms with Gasteiger partial charge < -0.3 is 0 Å². The molecular weight excluding hydrogens is 714 g/mol. The zero-order valence-electron chi connectivity index (χ0n) is 29.3. The Morgan fingerprint density at radius 2 is 1.04 bits per heavy atom. The van der Waals surface area contributed by atoms with E-state index in [1.54, 1.807) is 0 Å². The first-order valence-corrected chi connectivity index (χ1v) is 27.0. The van der Waals surface area contributed by atoms with Crippen LogP contribution < -0.4 is 29.6 Å². The van der Waals surface area contributed by atoms with Crippen molar-refractivity contribution in [2.45, 2.75) is 30.8 Å². The number of hydrogen-bond acceptors (Lipinski definition) is 2. The molecule has 0 amide bonds. The summed E-state index contributed by atoms with van der Waals surface area (Å²) >= 11 is 4.15. The van der Waals surface area contributed by atoms with Crippen molar-refractivity contribution in [3.63, 3.8) is 0 Å². The number of fused-ring (bicyclic) bond motifs is 11. The average molecular weight is 752 g/mol. The molecule has 3 aliphatic rings. The SMILES string of the molecule is Cc1ccc2c(c1)C1(c3ccccc3-c3ccccc31)c1cc(C)ccc1N2c1ccc2[c](c1)[Ge]([CH3])([CH3])[c]1ccccc1P2(=S)c1ccccc1. The normalized spacial score (nSPS) is 18.2. The molecule has 1 atom stereocenters. The molecule has 0 aromatic heterocycles. The Balaban J connectivity index is 1.28. The van der Waals surface area contributed by atoms with E-state index >= 15 is 0 Å². The van der Waals surface area contributed by atoms with Crippen LogP contribution in [-0.2, 0) is 17.2 Å². The molecule has 1 aliphatic carbocycles. The number of rotatable bonds is 2. The molecule has 4 heteroatoms. The number of anilines is 3. The zero-order chi connectivity index (χ0) is 34.7. The van der Waals surface area contributed by atoms with Crippen molar-refractivity contribution < 1.29 is 0 Å². The van der Waals surface area contributed by atoms with Gasteiger partial charge >= 0.3 is 311 Å². The standard InChI is InChI=1S/C47H38GeNPS/c1-31-22-25-43-39(28-31)47(37-18-10-8-16-35(37)36-17-9-11-19-38(36)47)40-29-32(2)23-26-44(40)49(43)33-24-27-46-42(30-33)48(3,4)41-20-12-13-21-45(41)50(46,51)34-14-6-5-7-15-34/h5-30H,1-4H3. The summed E-state index contributed by atoms with van der Waals surface area (Å²) in [7, 11) is 0. The van der Waals surface area contributed by atoms with Gasteiger partial charge in [-0.05, 0) is 0 Å². The van der Waals surface area contributed by atoms with E-state index in [-0.39, 0.29) is 0 Å². The summed E-state index contributed by atoms with van der Waals surface area (Å²) in [4.78, 5) is 2.56. The third kappa shape index (κ3) is 4.07. The summed E-state index contributed by atoms with van der Waals surface area (Å²) in [5, 5.41) is 4.06. The van der Waals surface area contributed by atoms with Gasteiger partial charge in [-0.25, -0.2) is 0 Å². The van der Waals surface area contributed by atoms with E-state index in [0.29, 0.717) is 0 Å². The second kappa shape index (κ2) is 11.0. The Kier molecular flexibility index (Phi) is 6.76. The molecule has 0 saturated heterocycles. The van der Waals surface area contributed by atoms with Crippen LogP contribution in [0.3, 0.4) is 0 Å². The van der Waals surface area contributed by atoms with Gasteiger partial charge in [-0.1, -0.05) is 0 Å². The first-order valence-electron chi connectivity index (χ1n) is 17.9. The van der Waals surface area contributed by atoms with Gasteiger partial charge in [0.15, 0.2) is 0 Å². The van der Waals surface area contributed by atoms with Crippen LogP contribution in [0.15, 0.2) is 158 Å². The predicted molar refractivity (Wildman–Crippen MR) is 224 cm³/mol. The molecule has 246 valence electrons. The van der Waals surface area contributed by atoms with E-state index in [9.17, 15) is 0 Å². The molecule has 7 aromatic carbocycles. The summed E-state index contributed by atoms with van der Waals surface area (Å²) in [6, 6.07) is 57.6. The van der Waals surface area contributed by atoms with Crippen LogP contribution in [0.4, 0.5) is 17.1 Å². The minimum atomic E-state index is -2.81. The number of aryl methyl sites for hydroxylation is 2. The summed E-state index contributed by atoms with van der Waals surface area (Å²) in [6.45, 7) is 4.47. The molecule has 0 radical (unpaired) electrons. The molecule has 0 N–H and O–H groups in total. The quantitative estimate of drug-likeness (QED) is 0.128. The molecule has 0 saturated carbocycles. The topological polar surface area (TPSA) is 3.24 Å². The summed E-state index contributed by atoms with van der Waals surface area (Å²) in [6.07, 6.45) is 0. The monoisotopic (exact) mass is 753 g/mol. The van der Waals surface area contributed by atoms with Crippen molar-refractivity contribution in [3.05, 3.63) is 191 Å². The van der Waals surface area contributed by atoms with E-state index in [0.717, 1.165) is 0 Å². The second-order valence-electron chi connectivity index (χ2n) is 15.0. The van der Waals surface area contributed by atoms with E-state index in [2.05, 4.69) is 188 Å². The van der Waals surface area contributed by atoms with Crippen molar-refractivity contribution in [1.82, 2.24) is 0 Å². The maximum atomic E-state index is 6.96. The van der Waals surface area contributed by atoms with Crippen LogP contribution in [-0.4, -0.2) is 13.3 Å². The van der Waals surface area contributed by atoms with Gasteiger partial charge in [0.2, 0.25) is 0 Å². The molecule has 2 heterocycles. The van der Waals surface area contributed by atoms with Crippen molar-refractivity contribution in [2.24, 2.45) is 0 Å². The van der Waals surface area contributed by atoms with Crippen molar-refractivity contribution in [2.75, 3.05) is 4.90 Å². The molecule has 1 nitrogen and oxygen atoms in total. The molecule has 51 heavy (non-hydrogen) atoms. The third-order valence-corrected chi connectivity index (χ3v) is 25.1. The Labute approximate surface area is 309 Å². The number of nitrogens with zero attached hydrogens (tertiary/aromatic N) is 1. The van der Waals surface area contributed by atoms with Gasteiger partial charge in [0.25, 0.3) is 0 Å². The van der Waals surface area contributed by atoms with Gasteiger partial charge in [-0.15, -0.1) is 0 Å². The minimum absolute atomic E-state index is 0.425. The van der Waals surface area contributed by atoms with Crippen molar-refractivity contribution >= 4 is 72.9 Å². The molecule has 0 bridgehead atoms. The van der Waals surface area contributed by atoms with E-state index in [1.807, 2.05) is 0 Å². The molecule has 10 rings (SSSR count). The van der Waals surface area contributed by atoms with E-state index in [1.165, 1.54) is 86.3 Å². The van der Waals surface area contributed by atoms with Crippen LogP contribution in [0.25, 0.3) is 11.1 Å². The van der Waals surface area contributed by atoms with Gasteiger partial charge in [0, 0.05) is 0 Å². The molecule has 2 aliphatic heterocycles. The maximum absolute atomic E-state index is 6.96. The van der Waals surface area contributed by atoms with Crippen molar-refractivity contribution in [1.29, 1.82) is 0 Å². The molecule has 1 spiro atoms. The summed E-state index contributed by atoms with van der Waals surface area (Å²) in [5.41, 5.74) is 13.9. The Morgan fingerprint density at radius 3 is 1.67 bits per heavy atom. The summed E-state index contributed by atoms with van der Waals surface area (Å²) < 4.78 is 3.04. The van der Waals surface area contributed by atoms with Crippen LogP contribution in [0.5, 0.6) is 0 Å². The van der Waals surface area contributed by atoms with E-state index < -0.39 is 24.7 Å². The van der Waals surface area contributed by atoms with Gasteiger partial charge in [0.05, 0.1) is 0 Å². The Hall–Kier alpha value is -4.47. The Bertz CT molecular complexity index is 2540. The fraction of sp³-hybridized carbons (Fsp3) is 0.106. The van der Waals surface area contributed by atoms with Crippen LogP contribution in [0.2, 0.25) is 11.5 Å². The molecule has 7 aromatic rings. The van der Waals surface area contributed by atoms with E-state index in [4.69, 9.17) is 11.8 Å². The van der Waals surface area contributed by atoms with Gasteiger partial charge in [0.1, 0.15) is 0 Å². The van der Waals surface area contributed by atoms with Crippen LogP contribution in [0.1, 0.15) is 33.4 Å². The third-order valence-electron chi connectivity index (χ3n) is 11.8. The zero-order valence-corrected chi connectivity index (χ0v) is 33.1. The fourth-order valence-corrected chi connectivity index (χ4v) is 25.5. The predicted octanol–water partition coefficient (Wildman–Crippen LogP) is 9.34. The second-order valence-corrected chi connectivity index (χ2v) is 28.4. The van der Waals surface area contributed by atoms with Crippen molar-refractivity contribution in [3.8, 4) is 11.1 Å². The fourth-order valence-electron chi connectivity index (χ4n) is 9.56. The summed E-state index contributed by atoms with van der Waals surface area (Å²) in [5.74, 6) is 5.13. The molecular formula is C47H38GeNPS.